The second kappa shape index (κ2) is 12.8. The Kier molecular flexibility index (Phi) is 9.84. The van der Waals surface area contributed by atoms with Crippen molar-refractivity contribution >= 4 is 22.3 Å². The maximum absolute atomic E-state index is 12.6. The van der Waals surface area contributed by atoms with E-state index in [1.165, 1.54) is 73.3 Å². The van der Waals surface area contributed by atoms with E-state index >= 15 is 0 Å². The van der Waals surface area contributed by atoms with Crippen LogP contribution in [0.15, 0.2) is 42.5 Å². The van der Waals surface area contributed by atoms with E-state index in [4.69, 9.17) is 4.74 Å². The first-order valence-corrected chi connectivity index (χ1v) is 13.0. The van der Waals surface area contributed by atoms with Crippen molar-refractivity contribution in [2.75, 3.05) is 0 Å². The fourth-order valence-corrected chi connectivity index (χ4v) is 4.86. The summed E-state index contributed by atoms with van der Waals surface area (Å²) in [6, 6.07) is 12.9. The number of hydrogen-bond acceptors (Lipinski definition) is 2. The number of esters is 1. The number of carbonyl (C=O) groups excluding carboxylic acids is 1. The summed E-state index contributed by atoms with van der Waals surface area (Å²) in [6.45, 7) is 6.67. The van der Waals surface area contributed by atoms with Crippen LogP contribution in [0.25, 0.3) is 16.3 Å². The molecule has 2 heteroatoms. The summed E-state index contributed by atoms with van der Waals surface area (Å²) < 4.78 is 6.02. The zero-order valence-corrected chi connectivity index (χ0v) is 20.5. The van der Waals surface area contributed by atoms with Gasteiger partial charge in [0, 0.05) is 12.0 Å². The zero-order chi connectivity index (χ0) is 22.8. The van der Waals surface area contributed by atoms with Gasteiger partial charge in [-0.2, -0.15) is 0 Å². The third-order valence-electron chi connectivity index (χ3n) is 6.66. The Balaban J connectivity index is 1.65. The van der Waals surface area contributed by atoms with Gasteiger partial charge in [-0.3, -0.25) is 4.79 Å². The van der Waals surface area contributed by atoms with Gasteiger partial charge in [0.1, 0.15) is 6.10 Å². The highest BCUT2D eigenvalue weighted by Gasteiger charge is 2.24. The quantitative estimate of drug-likeness (QED) is 0.219. The van der Waals surface area contributed by atoms with E-state index in [0.29, 0.717) is 12.3 Å². The van der Waals surface area contributed by atoms with Crippen LogP contribution >= 0.6 is 0 Å². The number of unbranched alkanes of at least 4 members (excludes halogenated alkanes) is 7. The van der Waals surface area contributed by atoms with Gasteiger partial charge in [0.25, 0.3) is 0 Å². The van der Waals surface area contributed by atoms with E-state index in [-0.39, 0.29) is 12.1 Å². The summed E-state index contributed by atoms with van der Waals surface area (Å²) in [6.07, 6.45) is 16.1. The first-order valence-electron chi connectivity index (χ1n) is 13.0. The van der Waals surface area contributed by atoms with Crippen LogP contribution in [-0.4, -0.2) is 5.97 Å². The lowest BCUT2D eigenvalue weighted by atomic mass is 9.84. The average molecular weight is 435 g/mol. The van der Waals surface area contributed by atoms with E-state index in [2.05, 4.69) is 63.2 Å². The summed E-state index contributed by atoms with van der Waals surface area (Å²) in [5.41, 5.74) is 3.81. The molecule has 2 nitrogen and oxygen atoms in total. The molecule has 0 fully saturated rings. The molecule has 0 spiro atoms. The van der Waals surface area contributed by atoms with Crippen LogP contribution in [0.4, 0.5) is 0 Å². The maximum Gasteiger partial charge on any atom is 0.306 e. The van der Waals surface area contributed by atoms with E-state index in [9.17, 15) is 4.79 Å². The smallest absolute Gasteiger partial charge is 0.306 e. The second-order valence-electron chi connectivity index (χ2n) is 9.86. The third-order valence-corrected chi connectivity index (χ3v) is 6.66. The number of hydrogen-bond donors (Lipinski definition) is 0. The molecule has 0 aliphatic heterocycles. The molecule has 2 aromatic carbocycles. The molecule has 0 saturated carbocycles. The van der Waals surface area contributed by atoms with Crippen LogP contribution in [0.3, 0.4) is 0 Å². The summed E-state index contributed by atoms with van der Waals surface area (Å²) in [7, 11) is 0. The minimum atomic E-state index is -0.260. The maximum atomic E-state index is 12.6. The van der Waals surface area contributed by atoms with Gasteiger partial charge >= 0.3 is 5.97 Å². The van der Waals surface area contributed by atoms with Gasteiger partial charge in [-0.1, -0.05) is 109 Å². The SMILES string of the molecule is CCCCCCCCCCC1=CC(OC(=O)CCCC(C)C)c2cccc3cccc1c23. The van der Waals surface area contributed by atoms with Crippen molar-refractivity contribution in [2.24, 2.45) is 5.92 Å². The molecule has 1 atom stereocenters. The second-order valence-corrected chi connectivity index (χ2v) is 9.86. The van der Waals surface area contributed by atoms with Gasteiger partial charge in [0.15, 0.2) is 0 Å². The number of carbonyl (C=O) groups is 1. The Bertz CT molecular complexity index is 888. The Morgan fingerprint density at radius 2 is 1.59 bits per heavy atom. The summed E-state index contributed by atoms with van der Waals surface area (Å²) in [4.78, 5) is 12.6. The van der Waals surface area contributed by atoms with Crippen molar-refractivity contribution in [3.63, 3.8) is 0 Å². The van der Waals surface area contributed by atoms with Crippen LogP contribution in [0.2, 0.25) is 0 Å². The van der Waals surface area contributed by atoms with Gasteiger partial charge in [0.2, 0.25) is 0 Å². The molecule has 2 aromatic rings. The summed E-state index contributed by atoms with van der Waals surface area (Å²) in [5.74, 6) is 0.547. The molecular weight excluding hydrogens is 392 g/mol. The predicted molar refractivity (Wildman–Crippen MR) is 137 cm³/mol. The molecule has 0 amide bonds. The number of benzene rings is 2. The van der Waals surface area contributed by atoms with Crippen molar-refractivity contribution in [1.82, 2.24) is 0 Å². The number of rotatable bonds is 14. The highest BCUT2D eigenvalue weighted by Crippen LogP contribution is 2.41. The monoisotopic (exact) mass is 434 g/mol. The Hall–Kier alpha value is -2.09. The lowest BCUT2D eigenvalue weighted by Crippen LogP contribution is -2.13. The lowest BCUT2D eigenvalue weighted by Gasteiger charge is -2.25. The summed E-state index contributed by atoms with van der Waals surface area (Å²) in [5, 5.41) is 2.51. The van der Waals surface area contributed by atoms with Crippen LogP contribution in [0, 0.1) is 5.92 Å². The molecule has 1 aliphatic rings. The van der Waals surface area contributed by atoms with Crippen LogP contribution in [0.1, 0.15) is 115 Å². The van der Waals surface area contributed by atoms with E-state index in [1.54, 1.807) is 0 Å². The predicted octanol–water partition coefficient (Wildman–Crippen LogP) is 9.18. The third kappa shape index (κ3) is 6.95. The number of ether oxygens (including phenoxy) is 1. The topological polar surface area (TPSA) is 26.3 Å². The molecule has 0 N–H and O–H groups in total. The first-order chi connectivity index (χ1) is 15.6. The van der Waals surface area contributed by atoms with E-state index in [1.807, 2.05) is 0 Å². The van der Waals surface area contributed by atoms with E-state index in [0.717, 1.165) is 24.8 Å². The molecule has 0 aromatic heterocycles. The fourth-order valence-electron chi connectivity index (χ4n) is 4.86. The van der Waals surface area contributed by atoms with Gasteiger partial charge in [-0.25, -0.2) is 0 Å². The van der Waals surface area contributed by atoms with Crippen molar-refractivity contribution in [1.29, 1.82) is 0 Å². The summed E-state index contributed by atoms with van der Waals surface area (Å²) >= 11 is 0. The van der Waals surface area contributed by atoms with Gasteiger partial charge in [0.05, 0.1) is 0 Å². The molecule has 1 unspecified atom stereocenters. The van der Waals surface area contributed by atoms with Crippen molar-refractivity contribution < 1.29 is 9.53 Å². The highest BCUT2D eigenvalue weighted by atomic mass is 16.5. The molecule has 0 saturated heterocycles. The minimum absolute atomic E-state index is 0.0743. The minimum Gasteiger partial charge on any atom is -0.453 e. The Morgan fingerprint density at radius 3 is 2.31 bits per heavy atom. The van der Waals surface area contributed by atoms with Crippen LogP contribution in [0.5, 0.6) is 0 Å². The molecule has 174 valence electrons. The van der Waals surface area contributed by atoms with Crippen molar-refractivity contribution in [3.8, 4) is 0 Å². The fraction of sp³-hybridized carbons (Fsp3) is 0.567. The number of allylic oxidation sites excluding steroid dienone is 1. The average Bonchev–Trinajstić information content (AvgIpc) is 2.78. The van der Waals surface area contributed by atoms with Gasteiger partial charge < -0.3 is 4.74 Å². The molecular formula is C30H42O2. The lowest BCUT2D eigenvalue weighted by molar-refractivity contribution is -0.147. The van der Waals surface area contributed by atoms with Crippen molar-refractivity contribution in [2.45, 2.75) is 104 Å². The van der Waals surface area contributed by atoms with Crippen LogP contribution in [-0.2, 0) is 9.53 Å². The molecule has 1 aliphatic carbocycles. The normalized spacial score (nSPS) is 15.2. The van der Waals surface area contributed by atoms with Crippen molar-refractivity contribution in [3.05, 3.63) is 53.6 Å². The Morgan fingerprint density at radius 1 is 0.906 bits per heavy atom. The first kappa shape index (κ1) is 24.6. The molecule has 32 heavy (non-hydrogen) atoms. The van der Waals surface area contributed by atoms with E-state index < -0.39 is 0 Å². The molecule has 0 radical (unpaired) electrons. The zero-order valence-electron chi connectivity index (χ0n) is 20.5. The van der Waals surface area contributed by atoms with Gasteiger partial charge in [-0.15, -0.1) is 0 Å². The largest absolute Gasteiger partial charge is 0.453 e. The molecule has 0 bridgehead atoms. The highest BCUT2D eigenvalue weighted by molar-refractivity contribution is 5.98. The molecule has 0 heterocycles. The Labute approximate surface area is 195 Å². The van der Waals surface area contributed by atoms with Crippen LogP contribution < -0.4 is 0 Å². The van der Waals surface area contributed by atoms with Gasteiger partial charge in [-0.05, 0) is 53.2 Å². The molecule has 3 rings (SSSR count). The standard InChI is InChI=1S/C30H42O2/c1-4-5-6-7-8-9-10-11-16-25-22-28(32-29(31)21-12-15-23(2)3)27-20-14-18-24-17-13-19-26(25)30(24)27/h13-14,17-20,22-23,28H,4-12,15-16,21H2,1-3H3.